The van der Waals surface area contributed by atoms with E-state index in [1.807, 2.05) is 36.4 Å². The summed E-state index contributed by atoms with van der Waals surface area (Å²) in [5, 5.41) is 13.8. The highest BCUT2D eigenvalue weighted by Gasteiger charge is 2.22. The highest BCUT2D eigenvalue weighted by molar-refractivity contribution is 5.47. The average Bonchev–Trinajstić information content (AvgIpc) is 2.64. The highest BCUT2D eigenvalue weighted by atomic mass is 16.5. The van der Waals surface area contributed by atoms with Gasteiger partial charge in [-0.15, -0.1) is 0 Å². The molecule has 0 radical (unpaired) electrons. The minimum atomic E-state index is 0.296. The summed E-state index contributed by atoms with van der Waals surface area (Å²) in [5.41, 5.74) is 1.96. The molecular formula is C20H26N2O3. The van der Waals surface area contributed by atoms with Crippen LogP contribution in [-0.4, -0.2) is 43.4 Å². The number of ether oxygens (including phenoxy) is 2. The van der Waals surface area contributed by atoms with Gasteiger partial charge in [-0.05, 0) is 55.8 Å². The second kappa shape index (κ2) is 8.12. The van der Waals surface area contributed by atoms with Crippen LogP contribution in [0.1, 0.15) is 18.4 Å². The van der Waals surface area contributed by atoms with E-state index >= 15 is 0 Å². The van der Waals surface area contributed by atoms with Crippen LogP contribution >= 0.6 is 0 Å². The van der Waals surface area contributed by atoms with Crippen molar-refractivity contribution in [3.8, 4) is 17.2 Å². The molecule has 1 atom stereocenters. The second-order valence-corrected chi connectivity index (χ2v) is 6.41. The standard InChI is InChI=1S/C20H26N2O3/c1-24-17-10-8-15(9-11-17)21-16-5-4-12-22(13-16)14-18-19(23)6-3-7-20(18)25-2/h3,6-11,16,21,23H,4-5,12-14H2,1-2H3/t16-/m0/s1. The fraction of sp³-hybridized carbons (Fsp3) is 0.400. The Balaban J connectivity index is 1.63. The Bertz CT molecular complexity index is 688. The predicted molar refractivity (Wildman–Crippen MR) is 99.6 cm³/mol. The molecular weight excluding hydrogens is 316 g/mol. The Hall–Kier alpha value is -2.40. The fourth-order valence-corrected chi connectivity index (χ4v) is 3.37. The van der Waals surface area contributed by atoms with Crippen LogP contribution in [0.5, 0.6) is 17.2 Å². The van der Waals surface area contributed by atoms with Gasteiger partial charge in [0.1, 0.15) is 17.2 Å². The van der Waals surface area contributed by atoms with Crippen molar-refractivity contribution in [2.45, 2.75) is 25.4 Å². The Labute approximate surface area is 149 Å². The van der Waals surface area contributed by atoms with E-state index in [0.717, 1.165) is 48.7 Å². The first-order valence-electron chi connectivity index (χ1n) is 8.67. The number of piperidine rings is 1. The molecule has 1 fully saturated rings. The second-order valence-electron chi connectivity index (χ2n) is 6.41. The van der Waals surface area contributed by atoms with Crippen LogP contribution in [-0.2, 0) is 6.54 Å². The number of nitrogens with zero attached hydrogens (tertiary/aromatic N) is 1. The van der Waals surface area contributed by atoms with Gasteiger partial charge < -0.3 is 19.9 Å². The molecule has 1 heterocycles. The van der Waals surface area contributed by atoms with Gasteiger partial charge in [-0.25, -0.2) is 0 Å². The summed E-state index contributed by atoms with van der Waals surface area (Å²) >= 11 is 0. The van der Waals surface area contributed by atoms with Gasteiger partial charge in [0.15, 0.2) is 0 Å². The predicted octanol–water partition coefficient (Wildman–Crippen LogP) is 3.49. The summed E-state index contributed by atoms with van der Waals surface area (Å²) < 4.78 is 10.6. The monoisotopic (exact) mass is 342 g/mol. The number of hydrogen-bond donors (Lipinski definition) is 2. The quantitative estimate of drug-likeness (QED) is 0.842. The van der Waals surface area contributed by atoms with Gasteiger partial charge in [-0.2, -0.15) is 0 Å². The SMILES string of the molecule is COc1ccc(N[C@H]2CCCN(Cc3c(O)cccc3OC)C2)cc1. The molecule has 1 aliphatic rings. The Morgan fingerprint density at radius 3 is 2.64 bits per heavy atom. The van der Waals surface area contributed by atoms with E-state index in [1.165, 1.54) is 0 Å². The highest BCUT2D eigenvalue weighted by Crippen LogP contribution is 2.30. The van der Waals surface area contributed by atoms with Crippen molar-refractivity contribution in [2.24, 2.45) is 0 Å². The number of anilines is 1. The molecule has 0 bridgehead atoms. The number of phenolic OH excluding ortho intramolecular Hbond substituents is 1. The summed E-state index contributed by atoms with van der Waals surface area (Å²) in [6.07, 6.45) is 2.27. The lowest BCUT2D eigenvalue weighted by Gasteiger charge is -2.34. The zero-order chi connectivity index (χ0) is 17.6. The van der Waals surface area contributed by atoms with Crippen LogP contribution in [0.4, 0.5) is 5.69 Å². The van der Waals surface area contributed by atoms with Crippen molar-refractivity contribution in [3.05, 3.63) is 48.0 Å². The van der Waals surface area contributed by atoms with E-state index in [0.29, 0.717) is 18.3 Å². The van der Waals surface area contributed by atoms with E-state index in [1.54, 1.807) is 20.3 Å². The van der Waals surface area contributed by atoms with E-state index in [-0.39, 0.29) is 0 Å². The van der Waals surface area contributed by atoms with Crippen LogP contribution in [0, 0.1) is 0 Å². The lowest BCUT2D eigenvalue weighted by molar-refractivity contribution is 0.204. The van der Waals surface area contributed by atoms with E-state index in [4.69, 9.17) is 9.47 Å². The van der Waals surface area contributed by atoms with Crippen LogP contribution in [0.15, 0.2) is 42.5 Å². The molecule has 2 aromatic carbocycles. The largest absolute Gasteiger partial charge is 0.507 e. The van der Waals surface area contributed by atoms with Crippen LogP contribution in [0.25, 0.3) is 0 Å². The van der Waals surface area contributed by atoms with Crippen molar-refractivity contribution >= 4 is 5.69 Å². The number of likely N-dealkylation sites (tertiary alicyclic amines) is 1. The minimum absolute atomic E-state index is 0.296. The number of hydrogen-bond acceptors (Lipinski definition) is 5. The summed E-state index contributed by atoms with van der Waals surface area (Å²) in [7, 11) is 3.32. The first kappa shape index (κ1) is 17.4. The zero-order valence-corrected chi connectivity index (χ0v) is 14.9. The topological polar surface area (TPSA) is 54.0 Å². The lowest BCUT2D eigenvalue weighted by atomic mass is 10.0. The van der Waals surface area contributed by atoms with E-state index in [9.17, 15) is 5.11 Å². The van der Waals surface area contributed by atoms with E-state index < -0.39 is 0 Å². The summed E-state index contributed by atoms with van der Waals surface area (Å²) in [6, 6.07) is 13.8. The zero-order valence-electron chi connectivity index (χ0n) is 14.9. The van der Waals surface area contributed by atoms with Crippen molar-refractivity contribution < 1.29 is 14.6 Å². The molecule has 5 heteroatoms. The smallest absolute Gasteiger partial charge is 0.127 e. The molecule has 0 saturated carbocycles. The van der Waals surface area contributed by atoms with E-state index in [2.05, 4.69) is 10.2 Å². The number of aromatic hydroxyl groups is 1. The van der Waals surface area contributed by atoms with Crippen LogP contribution in [0.3, 0.4) is 0 Å². The maximum absolute atomic E-state index is 10.2. The third kappa shape index (κ3) is 4.37. The fourth-order valence-electron chi connectivity index (χ4n) is 3.37. The van der Waals surface area contributed by atoms with Gasteiger partial charge in [0, 0.05) is 30.4 Å². The molecule has 1 saturated heterocycles. The van der Waals surface area contributed by atoms with Crippen molar-refractivity contribution in [1.82, 2.24) is 4.90 Å². The third-order valence-corrected chi connectivity index (χ3v) is 4.68. The Morgan fingerprint density at radius 2 is 1.92 bits per heavy atom. The molecule has 134 valence electrons. The molecule has 2 N–H and O–H groups in total. The number of methoxy groups -OCH3 is 2. The van der Waals surface area contributed by atoms with Crippen molar-refractivity contribution in [1.29, 1.82) is 0 Å². The van der Waals surface area contributed by atoms with Crippen LogP contribution in [0.2, 0.25) is 0 Å². The maximum Gasteiger partial charge on any atom is 0.127 e. The van der Waals surface area contributed by atoms with Gasteiger partial charge in [-0.3, -0.25) is 4.90 Å². The summed E-state index contributed by atoms with van der Waals surface area (Å²) in [4.78, 5) is 2.36. The number of nitrogens with one attached hydrogen (secondary N) is 1. The molecule has 1 aliphatic heterocycles. The van der Waals surface area contributed by atoms with Gasteiger partial charge in [-0.1, -0.05) is 6.07 Å². The maximum atomic E-state index is 10.2. The number of rotatable bonds is 6. The van der Waals surface area contributed by atoms with Gasteiger partial charge >= 0.3 is 0 Å². The summed E-state index contributed by atoms with van der Waals surface area (Å²) in [6.45, 7) is 2.65. The molecule has 25 heavy (non-hydrogen) atoms. The molecule has 0 amide bonds. The minimum Gasteiger partial charge on any atom is -0.507 e. The number of benzene rings is 2. The molecule has 0 aliphatic carbocycles. The average molecular weight is 342 g/mol. The first-order chi connectivity index (χ1) is 12.2. The molecule has 0 aromatic heterocycles. The molecule has 0 unspecified atom stereocenters. The van der Waals surface area contributed by atoms with Gasteiger partial charge in [0.25, 0.3) is 0 Å². The van der Waals surface area contributed by atoms with Gasteiger partial charge in [0.2, 0.25) is 0 Å². The van der Waals surface area contributed by atoms with Crippen molar-refractivity contribution in [3.63, 3.8) is 0 Å². The van der Waals surface area contributed by atoms with Crippen molar-refractivity contribution in [2.75, 3.05) is 32.6 Å². The summed E-state index contributed by atoms with van der Waals surface area (Å²) in [5.74, 6) is 1.90. The molecule has 3 rings (SSSR count). The molecule has 5 nitrogen and oxygen atoms in total. The Morgan fingerprint density at radius 1 is 1.12 bits per heavy atom. The number of phenols is 1. The van der Waals surface area contributed by atoms with Crippen LogP contribution < -0.4 is 14.8 Å². The molecule has 2 aromatic rings. The Kier molecular flexibility index (Phi) is 5.66. The third-order valence-electron chi connectivity index (χ3n) is 4.68. The lowest BCUT2D eigenvalue weighted by Crippen LogP contribution is -2.41. The normalized spacial score (nSPS) is 17.9. The molecule has 0 spiro atoms. The van der Waals surface area contributed by atoms with Gasteiger partial charge in [0.05, 0.1) is 14.2 Å². The first-order valence-corrected chi connectivity index (χ1v) is 8.67.